The highest BCUT2D eigenvalue weighted by molar-refractivity contribution is 5.97. The number of hydrogen-bond donors (Lipinski definition) is 0. The lowest BCUT2D eigenvalue weighted by atomic mass is 10.2. The molecule has 1 aromatic heterocycles. The summed E-state index contributed by atoms with van der Waals surface area (Å²) < 4.78 is 0. The van der Waals surface area contributed by atoms with E-state index in [1.165, 1.54) is 6.33 Å². The van der Waals surface area contributed by atoms with E-state index in [0.717, 1.165) is 11.3 Å². The third-order valence-corrected chi connectivity index (χ3v) is 1.31. The van der Waals surface area contributed by atoms with E-state index in [-0.39, 0.29) is 0 Å². The van der Waals surface area contributed by atoms with E-state index in [1.54, 1.807) is 19.4 Å². The van der Waals surface area contributed by atoms with Gasteiger partial charge in [-0.05, 0) is 6.92 Å². The summed E-state index contributed by atoms with van der Waals surface area (Å²) >= 11 is 0. The van der Waals surface area contributed by atoms with E-state index >= 15 is 0 Å². The van der Waals surface area contributed by atoms with Gasteiger partial charge >= 0.3 is 0 Å². The van der Waals surface area contributed by atoms with E-state index in [9.17, 15) is 0 Å². The average molecular weight is 135 g/mol. The van der Waals surface area contributed by atoms with Crippen LogP contribution in [0.2, 0.25) is 0 Å². The molecular weight excluding hydrogens is 126 g/mol. The number of nitrogens with zero attached hydrogens (tertiary/aromatic N) is 3. The van der Waals surface area contributed by atoms with Crippen molar-refractivity contribution in [3.63, 3.8) is 0 Å². The van der Waals surface area contributed by atoms with Gasteiger partial charge in [-0.3, -0.25) is 4.99 Å². The van der Waals surface area contributed by atoms with Crippen molar-refractivity contribution in [1.82, 2.24) is 9.97 Å². The van der Waals surface area contributed by atoms with Crippen molar-refractivity contribution in [3.8, 4) is 0 Å². The summed E-state index contributed by atoms with van der Waals surface area (Å²) in [5.74, 6) is 0. The van der Waals surface area contributed by atoms with Crippen LogP contribution in [-0.2, 0) is 0 Å². The van der Waals surface area contributed by atoms with Crippen molar-refractivity contribution in [3.05, 3.63) is 24.3 Å². The predicted molar refractivity (Wildman–Crippen MR) is 40.2 cm³/mol. The van der Waals surface area contributed by atoms with Crippen LogP contribution in [0.4, 0.5) is 0 Å². The van der Waals surface area contributed by atoms with Crippen LogP contribution < -0.4 is 0 Å². The Morgan fingerprint density at radius 3 is 2.50 bits per heavy atom. The molecule has 0 spiro atoms. The molecule has 0 saturated heterocycles. The summed E-state index contributed by atoms with van der Waals surface area (Å²) in [5, 5.41) is 0. The lowest BCUT2D eigenvalue weighted by Crippen LogP contribution is -1.95. The van der Waals surface area contributed by atoms with Crippen molar-refractivity contribution < 1.29 is 0 Å². The molecule has 0 fully saturated rings. The molecule has 0 aliphatic rings. The monoisotopic (exact) mass is 135 g/mol. The molecule has 1 rings (SSSR count). The van der Waals surface area contributed by atoms with Crippen LogP contribution in [0.5, 0.6) is 0 Å². The number of hydrogen-bond acceptors (Lipinski definition) is 3. The number of aromatic nitrogens is 2. The first-order valence-corrected chi connectivity index (χ1v) is 3.03. The zero-order valence-electron chi connectivity index (χ0n) is 6.07. The van der Waals surface area contributed by atoms with Crippen molar-refractivity contribution >= 4 is 5.71 Å². The Labute approximate surface area is 59.9 Å². The SMILES string of the molecule is CN=C(C)c1cncnc1. The Bertz CT molecular complexity index is 228. The second kappa shape index (κ2) is 3.06. The molecule has 0 saturated carbocycles. The van der Waals surface area contributed by atoms with Gasteiger partial charge in [0.2, 0.25) is 0 Å². The van der Waals surface area contributed by atoms with Gasteiger partial charge in [-0.25, -0.2) is 9.97 Å². The molecule has 3 nitrogen and oxygen atoms in total. The summed E-state index contributed by atoms with van der Waals surface area (Å²) in [7, 11) is 1.75. The fourth-order valence-electron chi connectivity index (χ4n) is 0.615. The molecule has 1 heterocycles. The van der Waals surface area contributed by atoms with Crippen LogP contribution >= 0.6 is 0 Å². The second-order valence-corrected chi connectivity index (χ2v) is 1.94. The highest BCUT2D eigenvalue weighted by Gasteiger charge is 1.92. The Morgan fingerprint density at radius 1 is 1.40 bits per heavy atom. The smallest absolute Gasteiger partial charge is 0.115 e. The van der Waals surface area contributed by atoms with Gasteiger partial charge in [-0.2, -0.15) is 0 Å². The highest BCUT2D eigenvalue weighted by atomic mass is 14.8. The summed E-state index contributed by atoms with van der Waals surface area (Å²) in [6.07, 6.45) is 5.00. The zero-order chi connectivity index (χ0) is 7.40. The summed E-state index contributed by atoms with van der Waals surface area (Å²) in [5.41, 5.74) is 1.94. The first-order valence-electron chi connectivity index (χ1n) is 3.03. The van der Waals surface area contributed by atoms with Crippen LogP contribution in [0.3, 0.4) is 0 Å². The van der Waals surface area contributed by atoms with Gasteiger partial charge in [-0.15, -0.1) is 0 Å². The second-order valence-electron chi connectivity index (χ2n) is 1.94. The van der Waals surface area contributed by atoms with Crippen molar-refractivity contribution in [2.45, 2.75) is 6.92 Å². The molecule has 10 heavy (non-hydrogen) atoms. The standard InChI is InChI=1S/C7H9N3/c1-6(8-2)7-3-9-5-10-4-7/h3-5H,1-2H3. The summed E-state index contributed by atoms with van der Waals surface area (Å²) in [6, 6.07) is 0. The lowest BCUT2D eigenvalue weighted by Gasteiger charge is -1.94. The minimum absolute atomic E-state index is 0.959. The molecule has 0 aromatic carbocycles. The Hall–Kier alpha value is -1.25. The Balaban J connectivity index is 2.96. The molecular formula is C7H9N3. The minimum atomic E-state index is 0.959. The van der Waals surface area contributed by atoms with Crippen molar-refractivity contribution in [2.75, 3.05) is 7.05 Å². The van der Waals surface area contributed by atoms with Gasteiger partial charge in [0.1, 0.15) is 6.33 Å². The third kappa shape index (κ3) is 1.37. The number of rotatable bonds is 1. The quantitative estimate of drug-likeness (QED) is 0.537. The topological polar surface area (TPSA) is 38.1 Å². The van der Waals surface area contributed by atoms with Crippen LogP contribution in [0.1, 0.15) is 12.5 Å². The Morgan fingerprint density at radius 2 is 2.00 bits per heavy atom. The van der Waals surface area contributed by atoms with Crippen LogP contribution in [-0.4, -0.2) is 22.7 Å². The van der Waals surface area contributed by atoms with Gasteiger partial charge in [0.15, 0.2) is 0 Å². The minimum Gasteiger partial charge on any atom is -0.293 e. The fourth-order valence-corrected chi connectivity index (χ4v) is 0.615. The predicted octanol–water partition coefficient (Wildman–Crippen LogP) is 0.915. The Kier molecular flexibility index (Phi) is 2.10. The van der Waals surface area contributed by atoms with E-state index in [2.05, 4.69) is 15.0 Å². The van der Waals surface area contributed by atoms with E-state index in [4.69, 9.17) is 0 Å². The van der Waals surface area contributed by atoms with Gasteiger partial charge in [0.25, 0.3) is 0 Å². The van der Waals surface area contributed by atoms with Gasteiger partial charge in [0.05, 0.1) is 0 Å². The molecule has 0 aliphatic carbocycles. The normalized spacial score (nSPS) is 11.6. The number of aliphatic imine (C=N–C) groups is 1. The van der Waals surface area contributed by atoms with Gasteiger partial charge < -0.3 is 0 Å². The molecule has 1 aromatic rings. The highest BCUT2D eigenvalue weighted by Crippen LogP contribution is 1.94. The molecule has 0 N–H and O–H groups in total. The van der Waals surface area contributed by atoms with Crippen LogP contribution in [0, 0.1) is 0 Å². The van der Waals surface area contributed by atoms with E-state index < -0.39 is 0 Å². The molecule has 0 amide bonds. The maximum Gasteiger partial charge on any atom is 0.115 e. The molecule has 0 atom stereocenters. The molecule has 0 radical (unpaired) electrons. The first-order chi connectivity index (χ1) is 4.84. The van der Waals surface area contributed by atoms with Gasteiger partial charge in [0, 0.05) is 30.7 Å². The van der Waals surface area contributed by atoms with Crippen LogP contribution in [0.15, 0.2) is 23.7 Å². The third-order valence-electron chi connectivity index (χ3n) is 1.31. The summed E-state index contributed by atoms with van der Waals surface area (Å²) in [4.78, 5) is 11.7. The lowest BCUT2D eigenvalue weighted by molar-refractivity contribution is 1.15. The fraction of sp³-hybridized carbons (Fsp3) is 0.286. The maximum absolute atomic E-state index is 4.00. The van der Waals surface area contributed by atoms with E-state index in [0.29, 0.717) is 0 Å². The largest absolute Gasteiger partial charge is 0.293 e. The van der Waals surface area contributed by atoms with Gasteiger partial charge in [-0.1, -0.05) is 0 Å². The average Bonchev–Trinajstić information content (AvgIpc) is 2.05. The van der Waals surface area contributed by atoms with Crippen molar-refractivity contribution in [1.29, 1.82) is 0 Å². The maximum atomic E-state index is 4.00. The van der Waals surface area contributed by atoms with E-state index in [1.807, 2.05) is 6.92 Å². The molecule has 0 unspecified atom stereocenters. The zero-order valence-corrected chi connectivity index (χ0v) is 6.07. The molecule has 52 valence electrons. The molecule has 3 heteroatoms. The first kappa shape index (κ1) is 6.86. The van der Waals surface area contributed by atoms with Crippen LogP contribution in [0.25, 0.3) is 0 Å². The molecule has 0 aliphatic heterocycles. The molecule has 0 bridgehead atoms. The summed E-state index contributed by atoms with van der Waals surface area (Å²) in [6.45, 7) is 1.93. The van der Waals surface area contributed by atoms with Crippen molar-refractivity contribution in [2.24, 2.45) is 4.99 Å².